The highest BCUT2D eigenvalue weighted by Crippen LogP contribution is 2.36. The van der Waals surface area contributed by atoms with Gasteiger partial charge in [-0.3, -0.25) is 4.98 Å². The summed E-state index contributed by atoms with van der Waals surface area (Å²) in [6, 6.07) is 9.07. The van der Waals surface area contributed by atoms with Gasteiger partial charge in [-0.05, 0) is 60.7 Å². The quantitative estimate of drug-likeness (QED) is 0.803. The predicted octanol–water partition coefficient (Wildman–Crippen LogP) is 3.41. The van der Waals surface area contributed by atoms with Crippen molar-refractivity contribution in [2.24, 2.45) is 0 Å². The number of hydrogen-bond donors (Lipinski definition) is 1. The summed E-state index contributed by atoms with van der Waals surface area (Å²) in [5, 5.41) is 3.60. The molecule has 1 aromatic heterocycles. The Balaban J connectivity index is 1.96. The molecule has 0 bridgehead atoms. The highest BCUT2D eigenvalue weighted by atomic mass is 14.9. The Hall–Kier alpha value is -1.83. The summed E-state index contributed by atoms with van der Waals surface area (Å²) < 4.78 is 0. The molecule has 2 heterocycles. The first kappa shape index (κ1) is 10.3. The van der Waals surface area contributed by atoms with Crippen LogP contribution < -0.4 is 5.32 Å². The minimum absolute atomic E-state index is 0.397. The molecule has 1 N–H and O–H groups in total. The van der Waals surface area contributed by atoms with Gasteiger partial charge in [0.2, 0.25) is 0 Å². The molecular weight excluding hydrogens is 208 g/mol. The van der Waals surface area contributed by atoms with Crippen molar-refractivity contribution >= 4 is 5.69 Å². The normalized spacial score (nSPS) is 17.6. The highest BCUT2D eigenvalue weighted by Gasteiger charge is 2.23. The molecule has 0 spiro atoms. The van der Waals surface area contributed by atoms with Gasteiger partial charge >= 0.3 is 0 Å². The first-order chi connectivity index (χ1) is 8.24. The van der Waals surface area contributed by atoms with E-state index in [4.69, 9.17) is 0 Å². The second-order valence-electron chi connectivity index (χ2n) is 4.79. The Labute approximate surface area is 102 Å². The zero-order chi connectivity index (χ0) is 11.8. The number of aryl methyl sites for hydroxylation is 2. The molecule has 1 aliphatic heterocycles. The Morgan fingerprint density at radius 3 is 2.71 bits per heavy atom. The third-order valence-corrected chi connectivity index (χ3v) is 3.46. The molecule has 86 valence electrons. The zero-order valence-electron chi connectivity index (χ0n) is 10.2. The van der Waals surface area contributed by atoms with Crippen LogP contribution in [0.3, 0.4) is 0 Å². The van der Waals surface area contributed by atoms with Gasteiger partial charge in [-0.1, -0.05) is 6.07 Å². The molecule has 0 radical (unpaired) electrons. The lowest BCUT2D eigenvalue weighted by Crippen LogP contribution is -2.05. The largest absolute Gasteiger partial charge is 0.378 e. The number of rotatable bonds is 1. The van der Waals surface area contributed by atoms with Crippen LogP contribution in [0.5, 0.6) is 0 Å². The van der Waals surface area contributed by atoms with Crippen molar-refractivity contribution in [2.75, 3.05) is 5.32 Å². The van der Waals surface area contributed by atoms with Crippen molar-refractivity contribution in [2.45, 2.75) is 26.3 Å². The number of hydrogen-bond acceptors (Lipinski definition) is 2. The summed E-state index contributed by atoms with van der Waals surface area (Å²) in [5.41, 5.74) is 6.78. The van der Waals surface area contributed by atoms with E-state index in [0.717, 1.165) is 6.42 Å². The van der Waals surface area contributed by atoms with Crippen molar-refractivity contribution in [3.05, 3.63) is 58.9 Å². The number of nitrogens with one attached hydrogen (secondary N) is 1. The average Bonchev–Trinajstić information content (AvgIpc) is 2.74. The molecule has 0 amide bonds. The standard InChI is InChI=1S/C15H16N2/c1-10-7-11(2)13-9-14(17-15(13)8-10)12-3-5-16-6-4-12/h3-8,14,17H,9H2,1-2H3. The fourth-order valence-corrected chi connectivity index (χ4v) is 2.64. The summed E-state index contributed by atoms with van der Waals surface area (Å²) in [6.07, 6.45) is 4.79. The molecule has 0 fully saturated rings. The second kappa shape index (κ2) is 3.88. The topological polar surface area (TPSA) is 24.9 Å². The molecule has 3 rings (SSSR count). The average molecular weight is 224 g/mol. The van der Waals surface area contributed by atoms with Crippen LogP contribution in [0.1, 0.15) is 28.3 Å². The molecular formula is C15H16N2. The fourth-order valence-electron chi connectivity index (χ4n) is 2.64. The molecule has 0 saturated carbocycles. The molecule has 0 aliphatic carbocycles. The lowest BCUT2D eigenvalue weighted by Gasteiger charge is -2.10. The van der Waals surface area contributed by atoms with Crippen LogP contribution in [0.25, 0.3) is 0 Å². The van der Waals surface area contributed by atoms with E-state index in [1.54, 1.807) is 0 Å². The lowest BCUT2D eigenvalue weighted by molar-refractivity contribution is 0.819. The van der Waals surface area contributed by atoms with Gasteiger partial charge in [-0.15, -0.1) is 0 Å². The van der Waals surface area contributed by atoms with E-state index in [9.17, 15) is 0 Å². The number of benzene rings is 1. The van der Waals surface area contributed by atoms with Crippen LogP contribution in [0.15, 0.2) is 36.7 Å². The number of anilines is 1. The minimum atomic E-state index is 0.397. The van der Waals surface area contributed by atoms with Crippen LogP contribution in [0.4, 0.5) is 5.69 Å². The highest BCUT2D eigenvalue weighted by molar-refractivity contribution is 5.62. The number of pyridine rings is 1. The van der Waals surface area contributed by atoms with E-state index < -0.39 is 0 Å². The number of aromatic nitrogens is 1. The first-order valence-electron chi connectivity index (χ1n) is 6.00. The summed E-state index contributed by atoms with van der Waals surface area (Å²) in [5.74, 6) is 0. The van der Waals surface area contributed by atoms with Crippen molar-refractivity contribution in [3.63, 3.8) is 0 Å². The van der Waals surface area contributed by atoms with E-state index in [-0.39, 0.29) is 0 Å². The van der Waals surface area contributed by atoms with Gasteiger partial charge in [0.25, 0.3) is 0 Å². The molecule has 1 aliphatic rings. The number of fused-ring (bicyclic) bond motifs is 1. The Morgan fingerprint density at radius 2 is 1.94 bits per heavy atom. The summed E-state index contributed by atoms with van der Waals surface area (Å²) in [4.78, 5) is 4.07. The first-order valence-corrected chi connectivity index (χ1v) is 6.00. The summed E-state index contributed by atoms with van der Waals surface area (Å²) in [7, 11) is 0. The third-order valence-electron chi connectivity index (χ3n) is 3.46. The Morgan fingerprint density at radius 1 is 1.18 bits per heavy atom. The van der Waals surface area contributed by atoms with Gasteiger partial charge < -0.3 is 5.32 Å². The smallest absolute Gasteiger partial charge is 0.0556 e. The molecule has 2 nitrogen and oxygen atoms in total. The van der Waals surface area contributed by atoms with Crippen LogP contribution >= 0.6 is 0 Å². The maximum absolute atomic E-state index is 4.07. The maximum Gasteiger partial charge on any atom is 0.0556 e. The van der Waals surface area contributed by atoms with Crippen molar-refractivity contribution in [3.8, 4) is 0 Å². The predicted molar refractivity (Wildman–Crippen MR) is 70.2 cm³/mol. The molecule has 1 aromatic carbocycles. The van der Waals surface area contributed by atoms with Crippen LogP contribution in [0.2, 0.25) is 0 Å². The van der Waals surface area contributed by atoms with Crippen LogP contribution in [0, 0.1) is 13.8 Å². The molecule has 1 atom stereocenters. The SMILES string of the molecule is Cc1cc(C)c2c(c1)NC(c1ccncc1)C2. The van der Waals surface area contributed by atoms with Crippen LogP contribution in [-0.4, -0.2) is 4.98 Å². The molecule has 2 aromatic rings. The minimum Gasteiger partial charge on any atom is -0.378 e. The monoisotopic (exact) mass is 224 g/mol. The maximum atomic E-state index is 4.07. The molecule has 2 heteroatoms. The molecule has 17 heavy (non-hydrogen) atoms. The zero-order valence-corrected chi connectivity index (χ0v) is 10.2. The van der Waals surface area contributed by atoms with Gasteiger partial charge in [-0.25, -0.2) is 0 Å². The van der Waals surface area contributed by atoms with E-state index >= 15 is 0 Å². The van der Waals surface area contributed by atoms with Crippen molar-refractivity contribution < 1.29 is 0 Å². The Bertz CT molecular complexity index is 546. The van der Waals surface area contributed by atoms with Gasteiger partial charge in [0.1, 0.15) is 0 Å². The van der Waals surface area contributed by atoms with Crippen molar-refractivity contribution in [1.82, 2.24) is 4.98 Å². The third kappa shape index (κ3) is 1.80. The van der Waals surface area contributed by atoms with E-state index in [0.29, 0.717) is 6.04 Å². The number of nitrogens with zero attached hydrogens (tertiary/aromatic N) is 1. The van der Waals surface area contributed by atoms with Gasteiger partial charge in [-0.2, -0.15) is 0 Å². The summed E-state index contributed by atoms with van der Waals surface area (Å²) in [6.45, 7) is 4.34. The van der Waals surface area contributed by atoms with Crippen molar-refractivity contribution in [1.29, 1.82) is 0 Å². The van der Waals surface area contributed by atoms with Gasteiger partial charge in [0.05, 0.1) is 6.04 Å². The molecule has 0 saturated heterocycles. The van der Waals surface area contributed by atoms with Gasteiger partial charge in [0.15, 0.2) is 0 Å². The van der Waals surface area contributed by atoms with E-state index in [1.165, 1.54) is 27.9 Å². The lowest BCUT2D eigenvalue weighted by atomic mass is 9.99. The molecule has 1 unspecified atom stereocenters. The Kier molecular flexibility index (Phi) is 2.36. The van der Waals surface area contributed by atoms with Crippen LogP contribution in [-0.2, 0) is 6.42 Å². The van der Waals surface area contributed by atoms with E-state index in [2.05, 4.69) is 48.4 Å². The second-order valence-corrected chi connectivity index (χ2v) is 4.79. The van der Waals surface area contributed by atoms with E-state index in [1.807, 2.05) is 12.4 Å². The summed E-state index contributed by atoms with van der Waals surface area (Å²) >= 11 is 0. The van der Waals surface area contributed by atoms with Gasteiger partial charge in [0, 0.05) is 18.1 Å². The fraction of sp³-hybridized carbons (Fsp3) is 0.267.